The van der Waals surface area contributed by atoms with Crippen LogP contribution in [0.25, 0.3) is 0 Å². The van der Waals surface area contributed by atoms with Crippen LogP contribution in [0.4, 0.5) is 0 Å². The Morgan fingerprint density at radius 2 is 1.00 bits per heavy atom. The highest BCUT2D eigenvalue weighted by molar-refractivity contribution is 6.06. The van der Waals surface area contributed by atoms with E-state index >= 15 is 0 Å². The lowest BCUT2D eigenvalue weighted by Crippen LogP contribution is -3.14. The number of rotatable bonds is 6. The van der Waals surface area contributed by atoms with Crippen molar-refractivity contribution in [1.29, 1.82) is 0 Å². The molecule has 6 fully saturated rings. The summed E-state index contributed by atoms with van der Waals surface area (Å²) in [5.74, 6) is 0.728. The van der Waals surface area contributed by atoms with Crippen LogP contribution in [0, 0.1) is 47.3 Å². The third-order valence-electron chi connectivity index (χ3n) is 10.1. The van der Waals surface area contributed by atoms with Crippen LogP contribution < -0.4 is 4.90 Å². The number of benzene rings is 1. The number of carbonyl (C=O) groups is 4. The van der Waals surface area contributed by atoms with E-state index < -0.39 is 0 Å². The Balaban J connectivity index is 1.14. The Bertz CT molecular complexity index is 953. The second-order valence-corrected chi connectivity index (χ2v) is 11.7. The fourth-order valence-corrected chi connectivity index (χ4v) is 8.75. The molecule has 4 aliphatic carbocycles. The van der Waals surface area contributed by atoms with Gasteiger partial charge < -0.3 is 0 Å². The van der Waals surface area contributed by atoms with Crippen molar-refractivity contribution >= 4 is 23.6 Å². The first-order valence-electron chi connectivity index (χ1n) is 13.1. The van der Waals surface area contributed by atoms with E-state index in [0.29, 0.717) is 30.2 Å². The second-order valence-electron chi connectivity index (χ2n) is 11.7. The van der Waals surface area contributed by atoms with Gasteiger partial charge in [0.2, 0.25) is 23.6 Å². The lowest BCUT2D eigenvalue weighted by Gasteiger charge is -2.28. The first-order chi connectivity index (χ1) is 16.5. The molecule has 0 radical (unpaired) electrons. The van der Waals surface area contributed by atoms with Crippen molar-refractivity contribution in [3.8, 4) is 0 Å². The summed E-state index contributed by atoms with van der Waals surface area (Å²) in [6.07, 6.45) is 6.26. The number of quaternary nitrogens is 1. The smallest absolute Gasteiger partial charge is 0.237 e. The molecule has 0 spiro atoms. The van der Waals surface area contributed by atoms with E-state index in [1.165, 1.54) is 9.80 Å². The number of carbonyl (C=O) groups excluding carboxylic acids is 4. The maximum atomic E-state index is 13.3. The first-order valence-corrected chi connectivity index (χ1v) is 13.1. The molecule has 1 aromatic carbocycles. The summed E-state index contributed by atoms with van der Waals surface area (Å²) in [5, 5.41) is 0. The van der Waals surface area contributed by atoms with Crippen LogP contribution in [0.5, 0.6) is 0 Å². The van der Waals surface area contributed by atoms with Gasteiger partial charge in [0.1, 0.15) is 6.54 Å². The molecule has 7 rings (SSSR count). The number of nitrogens with one attached hydrogen (secondary N) is 1. The molecule has 2 heterocycles. The summed E-state index contributed by atoms with van der Waals surface area (Å²) in [7, 11) is 0. The van der Waals surface area contributed by atoms with Crippen LogP contribution in [-0.2, 0) is 25.7 Å². The van der Waals surface area contributed by atoms with Crippen molar-refractivity contribution in [2.75, 3.05) is 13.3 Å². The van der Waals surface area contributed by atoms with Gasteiger partial charge in [0.25, 0.3) is 0 Å². The number of hydrogen-bond acceptors (Lipinski definition) is 4. The normalized spacial score (nSPS) is 40.6. The summed E-state index contributed by atoms with van der Waals surface area (Å²) < 4.78 is 0. The largest absolute Gasteiger partial charge is 0.296 e. The van der Waals surface area contributed by atoms with Crippen molar-refractivity contribution in [2.45, 2.75) is 45.1 Å². The van der Waals surface area contributed by atoms with E-state index in [4.69, 9.17) is 0 Å². The lowest BCUT2D eigenvalue weighted by molar-refractivity contribution is -0.928. The average Bonchev–Trinajstić information content (AvgIpc) is 3.68. The number of fused-ring (bicyclic) bond motifs is 10. The second kappa shape index (κ2) is 7.48. The van der Waals surface area contributed by atoms with Crippen molar-refractivity contribution in [3.63, 3.8) is 0 Å². The summed E-state index contributed by atoms with van der Waals surface area (Å²) in [4.78, 5) is 57.2. The molecule has 0 aromatic heterocycles. The Kier molecular flexibility index (Phi) is 4.57. The molecule has 7 heteroatoms. The number of amides is 4. The van der Waals surface area contributed by atoms with Gasteiger partial charge in [-0.3, -0.25) is 24.1 Å². The number of nitrogens with zero attached hydrogens (tertiary/aromatic N) is 2. The lowest BCUT2D eigenvalue weighted by atomic mass is 9.81. The molecule has 9 atom stereocenters. The van der Waals surface area contributed by atoms with Gasteiger partial charge in [0, 0.05) is 5.56 Å². The van der Waals surface area contributed by atoms with Gasteiger partial charge in [-0.25, -0.2) is 9.80 Å². The Morgan fingerprint density at radius 1 is 0.618 bits per heavy atom. The fraction of sp³-hybridized carbons (Fsp3) is 0.630. The highest BCUT2D eigenvalue weighted by Crippen LogP contribution is 2.57. The molecule has 1 aromatic rings. The number of hydrogen-bond donors (Lipinski definition) is 1. The van der Waals surface area contributed by atoms with Gasteiger partial charge in [-0.1, -0.05) is 30.3 Å². The molecule has 4 bridgehead atoms. The zero-order valence-corrected chi connectivity index (χ0v) is 19.4. The average molecular weight is 463 g/mol. The number of imide groups is 2. The molecule has 2 saturated heterocycles. The van der Waals surface area contributed by atoms with Gasteiger partial charge in [-0.05, 0) is 62.2 Å². The maximum Gasteiger partial charge on any atom is 0.237 e. The van der Waals surface area contributed by atoms with Gasteiger partial charge >= 0.3 is 0 Å². The molecule has 7 nitrogen and oxygen atoms in total. The Morgan fingerprint density at radius 3 is 1.38 bits per heavy atom. The van der Waals surface area contributed by atoms with Crippen LogP contribution in [-0.4, -0.2) is 46.8 Å². The van der Waals surface area contributed by atoms with E-state index in [9.17, 15) is 19.2 Å². The van der Waals surface area contributed by atoms with Crippen molar-refractivity contribution in [1.82, 2.24) is 9.80 Å². The van der Waals surface area contributed by atoms with Gasteiger partial charge in [0.05, 0.1) is 23.7 Å². The highest BCUT2D eigenvalue weighted by Gasteiger charge is 2.63. The van der Waals surface area contributed by atoms with Gasteiger partial charge in [-0.2, -0.15) is 0 Å². The maximum absolute atomic E-state index is 13.3. The molecule has 1 unspecified atom stereocenters. The minimum atomic E-state index is -0.144. The van der Waals surface area contributed by atoms with E-state index in [2.05, 4.69) is 0 Å². The minimum absolute atomic E-state index is 0.0262. The van der Waals surface area contributed by atoms with Crippen LogP contribution >= 0.6 is 0 Å². The fourth-order valence-electron chi connectivity index (χ4n) is 8.75. The molecule has 4 amide bonds. The molecule has 178 valence electrons. The highest BCUT2D eigenvalue weighted by atomic mass is 16.2. The minimum Gasteiger partial charge on any atom is -0.296 e. The van der Waals surface area contributed by atoms with Gasteiger partial charge in [-0.15, -0.1) is 0 Å². The van der Waals surface area contributed by atoms with E-state index in [1.54, 1.807) is 0 Å². The topological polar surface area (TPSA) is 79.2 Å². The first kappa shape index (κ1) is 20.8. The Labute approximate surface area is 199 Å². The van der Waals surface area contributed by atoms with Crippen molar-refractivity contribution in [2.24, 2.45) is 47.3 Å². The van der Waals surface area contributed by atoms with Crippen LogP contribution in [0.15, 0.2) is 30.3 Å². The molecular formula is C27H32N3O4+. The Hall–Kier alpha value is -2.54. The molecule has 34 heavy (non-hydrogen) atoms. The predicted octanol–water partition coefficient (Wildman–Crippen LogP) is 1.05. The van der Waals surface area contributed by atoms with E-state index in [-0.39, 0.29) is 60.6 Å². The summed E-state index contributed by atoms with van der Waals surface area (Å²) >= 11 is 0. The summed E-state index contributed by atoms with van der Waals surface area (Å²) in [6.45, 7) is 0.996. The third-order valence-corrected chi connectivity index (χ3v) is 10.1. The van der Waals surface area contributed by atoms with Gasteiger partial charge in [0.15, 0.2) is 13.3 Å². The monoisotopic (exact) mass is 462 g/mol. The van der Waals surface area contributed by atoms with E-state index in [1.807, 2.05) is 30.3 Å². The number of likely N-dealkylation sites (tertiary alicyclic amines) is 2. The van der Waals surface area contributed by atoms with E-state index in [0.717, 1.165) is 49.0 Å². The van der Waals surface area contributed by atoms with Crippen LogP contribution in [0.3, 0.4) is 0 Å². The van der Waals surface area contributed by atoms with Crippen molar-refractivity contribution < 1.29 is 24.1 Å². The molecular weight excluding hydrogens is 430 g/mol. The van der Waals surface area contributed by atoms with Crippen molar-refractivity contribution in [3.05, 3.63) is 35.9 Å². The third kappa shape index (κ3) is 2.85. The quantitative estimate of drug-likeness (QED) is 0.641. The molecule has 6 aliphatic rings. The van der Waals surface area contributed by atoms with Crippen LogP contribution in [0.2, 0.25) is 0 Å². The summed E-state index contributed by atoms with van der Waals surface area (Å²) in [6, 6.07) is 9.93. The molecule has 4 saturated carbocycles. The SMILES string of the molecule is O=C1[C@@H]2[C@@H]3CC[C@H](C3)[C@@H]2C(=O)N1C[NH+](Cc1ccccc1)CN1C(=O)[C@@H]2[C@H]3CC[C@@H](C3)[C@@H]2C1=O. The molecule has 1 N–H and O–H groups in total. The zero-order valence-electron chi connectivity index (χ0n) is 19.4. The standard InChI is InChI=1S/C27H31N3O4/c31-24-20-16-6-7-17(10-16)21(20)25(32)29(24)13-28(12-15-4-2-1-3-5-15)14-30-26(33)22-18-8-9-19(11-18)23(22)27(30)34/h1-5,16-23H,6-14H2/p+1/t16-,17-,18+,19+,20-,21+,22-,23+. The zero-order chi connectivity index (χ0) is 23.1. The summed E-state index contributed by atoms with van der Waals surface area (Å²) in [5.41, 5.74) is 1.07. The molecule has 2 aliphatic heterocycles. The predicted molar refractivity (Wildman–Crippen MR) is 120 cm³/mol. The van der Waals surface area contributed by atoms with Crippen LogP contribution in [0.1, 0.15) is 44.1 Å².